The Kier molecular flexibility index (Phi) is 6.74. The highest BCUT2D eigenvalue weighted by Gasteiger charge is 2.23. The monoisotopic (exact) mass is 405 g/mol. The maximum atomic E-state index is 12.4. The first kappa shape index (κ1) is 21.4. The lowest BCUT2D eigenvalue weighted by Crippen LogP contribution is -2.41. The summed E-state index contributed by atoms with van der Waals surface area (Å²) in [5.41, 5.74) is 1.88. The van der Waals surface area contributed by atoms with Crippen LogP contribution in [-0.2, 0) is 21.2 Å². The standard InChI is InChI=1S/C19H23N3O5S/c1-4-15-8-10-16(11-9-15)14(2)20-19(23)13-21(28(3,26)27)17-6-5-7-18(12-17)22(24)25/h5-12,14H,4,13H2,1-3H3,(H,20,23)/t14-/m0/s1. The van der Waals surface area contributed by atoms with Crippen molar-refractivity contribution in [3.8, 4) is 0 Å². The van der Waals surface area contributed by atoms with Gasteiger partial charge in [-0.15, -0.1) is 0 Å². The van der Waals surface area contributed by atoms with Gasteiger partial charge in [0.1, 0.15) is 6.54 Å². The number of aryl methyl sites for hydroxylation is 1. The smallest absolute Gasteiger partial charge is 0.271 e. The van der Waals surface area contributed by atoms with Crippen LogP contribution in [0.15, 0.2) is 48.5 Å². The molecule has 0 aliphatic rings. The van der Waals surface area contributed by atoms with E-state index in [0.29, 0.717) is 0 Å². The number of hydrogen-bond donors (Lipinski definition) is 1. The SMILES string of the molecule is CCc1ccc([C@H](C)NC(=O)CN(c2cccc([N+](=O)[O-])c2)S(C)(=O)=O)cc1. The second-order valence-corrected chi connectivity index (χ2v) is 8.34. The van der Waals surface area contributed by atoms with E-state index in [4.69, 9.17) is 0 Å². The Morgan fingerprint density at radius 2 is 1.86 bits per heavy atom. The molecule has 2 aromatic carbocycles. The lowest BCUT2D eigenvalue weighted by Gasteiger charge is -2.23. The van der Waals surface area contributed by atoms with Gasteiger partial charge < -0.3 is 5.32 Å². The van der Waals surface area contributed by atoms with E-state index in [2.05, 4.69) is 5.32 Å². The van der Waals surface area contributed by atoms with Gasteiger partial charge in [0.25, 0.3) is 5.69 Å². The molecule has 1 atom stereocenters. The molecule has 0 unspecified atom stereocenters. The number of amides is 1. The van der Waals surface area contributed by atoms with Gasteiger partial charge in [0.2, 0.25) is 15.9 Å². The molecule has 0 aromatic heterocycles. The largest absolute Gasteiger partial charge is 0.348 e. The van der Waals surface area contributed by atoms with Crippen LogP contribution in [0.3, 0.4) is 0 Å². The number of non-ortho nitro benzene ring substituents is 1. The third-order valence-electron chi connectivity index (χ3n) is 4.28. The molecule has 9 heteroatoms. The predicted octanol–water partition coefficient (Wildman–Crippen LogP) is 2.80. The highest BCUT2D eigenvalue weighted by Crippen LogP contribution is 2.23. The Balaban J connectivity index is 2.17. The number of nitrogens with zero attached hydrogens (tertiary/aromatic N) is 2. The zero-order chi connectivity index (χ0) is 20.9. The van der Waals surface area contributed by atoms with E-state index in [0.717, 1.165) is 28.6 Å². The van der Waals surface area contributed by atoms with Gasteiger partial charge in [-0.1, -0.05) is 37.3 Å². The molecule has 0 spiro atoms. The summed E-state index contributed by atoms with van der Waals surface area (Å²) < 4.78 is 25.2. The van der Waals surface area contributed by atoms with Gasteiger partial charge in [-0.3, -0.25) is 19.2 Å². The summed E-state index contributed by atoms with van der Waals surface area (Å²) in [5, 5.41) is 13.7. The van der Waals surface area contributed by atoms with Crippen LogP contribution >= 0.6 is 0 Å². The molecule has 0 saturated carbocycles. The normalized spacial score (nSPS) is 12.2. The molecule has 0 heterocycles. The number of benzene rings is 2. The van der Waals surface area contributed by atoms with Crippen LogP contribution in [0.25, 0.3) is 0 Å². The average Bonchev–Trinajstić information content (AvgIpc) is 2.65. The zero-order valence-electron chi connectivity index (χ0n) is 16.0. The van der Waals surface area contributed by atoms with Crippen molar-refractivity contribution in [2.45, 2.75) is 26.3 Å². The summed E-state index contributed by atoms with van der Waals surface area (Å²) in [6.45, 7) is 3.38. The summed E-state index contributed by atoms with van der Waals surface area (Å²) in [5.74, 6) is -0.510. The number of hydrogen-bond acceptors (Lipinski definition) is 5. The molecule has 0 fully saturated rings. The third kappa shape index (κ3) is 5.53. The van der Waals surface area contributed by atoms with E-state index in [1.54, 1.807) is 6.92 Å². The summed E-state index contributed by atoms with van der Waals surface area (Å²) >= 11 is 0. The second kappa shape index (κ2) is 8.83. The van der Waals surface area contributed by atoms with E-state index in [1.165, 1.54) is 23.8 Å². The molecule has 150 valence electrons. The minimum absolute atomic E-state index is 0.0619. The molecule has 8 nitrogen and oxygen atoms in total. The molecule has 0 radical (unpaired) electrons. The maximum absolute atomic E-state index is 12.4. The number of anilines is 1. The summed E-state index contributed by atoms with van der Waals surface area (Å²) in [7, 11) is -3.82. The van der Waals surface area contributed by atoms with Crippen molar-refractivity contribution in [1.82, 2.24) is 5.32 Å². The first-order valence-electron chi connectivity index (χ1n) is 8.72. The minimum atomic E-state index is -3.82. The first-order chi connectivity index (χ1) is 13.1. The van der Waals surface area contributed by atoms with E-state index < -0.39 is 27.4 Å². The van der Waals surface area contributed by atoms with Crippen molar-refractivity contribution in [3.63, 3.8) is 0 Å². The van der Waals surface area contributed by atoms with Gasteiger partial charge in [-0.25, -0.2) is 8.42 Å². The number of carbonyl (C=O) groups excluding carboxylic acids is 1. The lowest BCUT2D eigenvalue weighted by atomic mass is 10.1. The summed E-state index contributed by atoms with van der Waals surface area (Å²) in [6.07, 6.45) is 1.86. The molecule has 0 saturated heterocycles. The molecule has 2 aromatic rings. The number of nitro benzene ring substituents is 1. The highest BCUT2D eigenvalue weighted by atomic mass is 32.2. The predicted molar refractivity (Wildman–Crippen MR) is 108 cm³/mol. The fourth-order valence-corrected chi connectivity index (χ4v) is 3.55. The highest BCUT2D eigenvalue weighted by molar-refractivity contribution is 7.92. The maximum Gasteiger partial charge on any atom is 0.271 e. The fraction of sp³-hybridized carbons (Fsp3) is 0.316. The van der Waals surface area contributed by atoms with Crippen molar-refractivity contribution < 1.29 is 18.1 Å². The van der Waals surface area contributed by atoms with Crippen molar-refractivity contribution in [3.05, 3.63) is 69.8 Å². The second-order valence-electron chi connectivity index (χ2n) is 6.43. The lowest BCUT2D eigenvalue weighted by molar-refractivity contribution is -0.384. The molecule has 0 aliphatic heterocycles. The molecular weight excluding hydrogens is 382 g/mol. The number of sulfonamides is 1. The van der Waals surface area contributed by atoms with E-state index >= 15 is 0 Å². The number of rotatable bonds is 8. The number of carbonyl (C=O) groups is 1. The van der Waals surface area contributed by atoms with Crippen LogP contribution in [0.4, 0.5) is 11.4 Å². The Labute approximate surface area is 164 Å². The van der Waals surface area contributed by atoms with Crippen molar-refractivity contribution in [2.75, 3.05) is 17.1 Å². The van der Waals surface area contributed by atoms with Crippen LogP contribution in [0.2, 0.25) is 0 Å². The Bertz CT molecular complexity index is 958. The molecule has 2 rings (SSSR count). The molecular formula is C19H23N3O5S. The van der Waals surface area contributed by atoms with Gasteiger partial charge in [0, 0.05) is 12.1 Å². The molecule has 1 N–H and O–H groups in total. The molecule has 0 aliphatic carbocycles. The van der Waals surface area contributed by atoms with E-state index in [9.17, 15) is 23.3 Å². The Morgan fingerprint density at radius 3 is 2.39 bits per heavy atom. The van der Waals surface area contributed by atoms with E-state index in [1.807, 2.05) is 31.2 Å². The van der Waals surface area contributed by atoms with Crippen LogP contribution in [-0.4, -0.2) is 32.0 Å². The zero-order valence-corrected chi connectivity index (χ0v) is 16.8. The minimum Gasteiger partial charge on any atom is -0.348 e. The Morgan fingerprint density at radius 1 is 1.21 bits per heavy atom. The van der Waals surface area contributed by atoms with Crippen LogP contribution in [0, 0.1) is 10.1 Å². The topological polar surface area (TPSA) is 110 Å². The molecule has 28 heavy (non-hydrogen) atoms. The van der Waals surface area contributed by atoms with Crippen molar-refractivity contribution >= 4 is 27.3 Å². The van der Waals surface area contributed by atoms with Gasteiger partial charge in [0.15, 0.2) is 0 Å². The number of nitrogens with one attached hydrogen (secondary N) is 1. The quantitative estimate of drug-likeness (QED) is 0.536. The fourth-order valence-electron chi connectivity index (χ4n) is 2.70. The average molecular weight is 405 g/mol. The Hall–Kier alpha value is -2.94. The third-order valence-corrected chi connectivity index (χ3v) is 5.42. The summed E-state index contributed by atoms with van der Waals surface area (Å²) in [4.78, 5) is 22.8. The first-order valence-corrected chi connectivity index (χ1v) is 10.6. The van der Waals surface area contributed by atoms with Crippen LogP contribution < -0.4 is 9.62 Å². The van der Waals surface area contributed by atoms with Crippen LogP contribution in [0.5, 0.6) is 0 Å². The molecule has 0 bridgehead atoms. The van der Waals surface area contributed by atoms with Gasteiger partial charge in [0.05, 0.1) is 22.9 Å². The van der Waals surface area contributed by atoms with Crippen molar-refractivity contribution in [2.24, 2.45) is 0 Å². The van der Waals surface area contributed by atoms with Crippen molar-refractivity contribution in [1.29, 1.82) is 0 Å². The van der Waals surface area contributed by atoms with Crippen LogP contribution in [0.1, 0.15) is 31.0 Å². The van der Waals surface area contributed by atoms with Gasteiger partial charge in [-0.2, -0.15) is 0 Å². The van der Waals surface area contributed by atoms with Gasteiger partial charge >= 0.3 is 0 Å². The van der Waals surface area contributed by atoms with Gasteiger partial charge in [-0.05, 0) is 30.5 Å². The molecule has 1 amide bonds. The number of nitro groups is 1. The van der Waals surface area contributed by atoms with E-state index in [-0.39, 0.29) is 17.4 Å². The summed E-state index contributed by atoms with van der Waals surface area (Å²) in [6, 6.07) is 12.6.